The highest BCUT2D eigenvalue weighted by molar-refractivity contribution is 6.05. The van der Waals surface area contributed by atoms with E-state index in [1.165, 1.54) is 7.05 Å². The first-order valence-corrected chi connectivity index (χ1v) is 1.78. The van der Waals surface area contributed by atoms with E-state index in [9.17, 15) is 9.90 Å². The molecular weight excluding hydrogens is 92.8 g/mol. The van der Waals surface area contributed by atoms with Crippen LogP contribution in [-0.4, -0.2) is 32.4 Å². The Kier molecular flexibility index (Phi) is 2.44. The van der Waals surface area contributed by atoms with Crippen LogP contribution in [0.5, 0.6) is 0 Å². The molecular formula is C3H5BNO2-2. The highest BCUT2D eigenvalue weighted by Gasteiger charge is 1.74. The molecule has 0 aliphatic carbocycles. The van der Waals surface area contributed by atoms with Gasteiger partial charge >= 0.3 is 0 Å². The average Bonchev–Trinajstić information content (AvgIpc) is 1.27. The van der Waals surface area contributed by atoms with Gasteiger partial charge in [0.05, 0.1) is 5.97 Å². The summed E-state index contributed by atoms with van der Waals surface area (Å²) in [7, 11) is 6.36. The zero-order valence-electron chi connectivity index (χ0n) is 4.05. The third-order valence-corrected chi connectivity index (χ3v) is 0.379. The fraction of sp³-hybridized carbons (Fsp3) is 0.667. The molecule has 4 heteroatoms. The van der Waals surface area contributed by atoms with Gasteiger partial charge in [0, 0.05) is 0 Å². The summed E-state index contributed by atoms with van der Waals surface area (Å²) in [5.74, 6) is -1.16. The predicted octanol–water partition coefficient (Wildman–Crippen LogP) is -2.25. The highest BCUT2D eigenvalue weighted by Crippen LogP contribution is 1.65. The fourth-order valence-electron chi connectivity index (χ4n) is 0.204. The normalized spacial score (nSPS) is 9.57. The molecule has 0 spiro atoms. The summed E-state index contributed by atoms with van der Waals surface area (Å²) in [5.41, 5.74) is 0. The van der Waals surface area contributed by atoms with Crippen LogP contribution in [0.3, 0.4) is 0 Å². The molecule has 0 aromatic heterocycles. The number of carbonyl (C=O) groups is 1. The maximum atomic E-state index is 9.58. The second-order valence-electron chi connectivity index (χ2n) is 1.29. The largest absolute Gasteiger partial charge is 0.578 e. The van der Waals surface area contributed by atoms with Gasteiger partial charge in [0.25, 0.3) is 0 Å². The molecule has 0 unspecified atom stereocenters. The van der Waals surface area contributed by atoms with Crippen molar-refractivity contribution in [2.75, 3.05) is 13.6 Å². The maximum Gasteiger partial charge on any atom is 0.0518 e. The minimum absolute atomic E-state index is 0.222. The minimum atomic E-state index is -1.16. The van der Waals surface area contributed by atoms with Gasteiger partial charge in [-0.1, -0.05) is 7.05 Å². The SMILES string of the molecule is [B-]N(C)CC(=O)[O-]. The Morgan fingerprint density at radius 2 is 2.43 bits per heavy atom. The standard InChI is InChI=1S/C3H6BNO2/c1-5(4)2-3(6)7/h2H2,1H3,(H,6,7)/q-1/p-1. The van der Waals surface area contributed by atoms with Crippen molar-refractivity contribution in [3.63, 3.8) is 0 Å². The lowest BCUT2D eigenvalue weighted by Gasteiger charge is -2.25. The second kappa shape index (κ2) is 2.63. The number of hydrogen-bond acceptors (Lipinski definition) is 3. The van der Waals surface area contributed by atoms with Crippen molar-refractivity contribution in [1.82, 2.24) is 4.81 Å². The van der Waals surface area contributed by atoms with E-state index in [-0.39, 0.29) is 6.54 Å². The quantitative estimate of drug-likeness (QED) is 0.366. The van der Waals surface area contributed by atoms with Crippen LogP contribution < -0.4 is 5.11 Å². The summed E-state index contributed by atoms with van der Waals surface area (Å²) >= 11 is 0. The summed E-state index contributed by atoms with van der Waals surface area (Å²) in [6, 6.07) is 0. The van der Waals surface area contributed by atoms with Crippen LogP contribution in [0.2, 0.25) is 0 Å². The van der Waals surface area contributed by atoms with Gasteiger partial charge < -0.3 is 22.7 Å². The van der Waals surface area contributed by atoms with Gasteiger partial charge in [0.2, 0.25) is 0 Å². The zero-order chi connectivity index (χ0) is 5.86. The van der Waals surface area contributed by atoms with Gasteiger partial charge in [-0.15, -0.1) is 0 Å². The van der Waals surface area contributed by atoms with Gasteiger partial charge in [-0.2, -0.15) is 0 Å². The molecule has 0 N–H and O–H groups in total. The number of hydrogen-bond donors (Lipinski definition) is 0. The molecule has 0 aliphatic heterocycles. The van der Waals surface area contributed by atoms with Crippen LogP contribution >= 0.6 is 0 Å². The molecule has 0 saturated carbocycles. The van der Waals surface area contributed by atoms with E-state index in [1.54, 1.807) is 0 Å². The van der Waals surface area contributed by atoms with E-state index in [0.29, 0.717) is 0 Å². The van der Waals surface area contributed by atoms with E-state index >= 15 is 0 Å². The summed E-state index contributed by atoms with van der Waals surface area (Å²) in [4.78, 5) is 10.6. The van der Waals surface area contributed by atoms with Crippen molar-refractivity contribution < 1.29 is 9.90 Å². The first-order valence-electron chi connectivity index (χ1n) is 1.78. The molecule has 0 saturated heterocycles. The molecule has 0 amide bonds. The molecule has 0 aromatic carbocycles. The lowest BCUT2D eigenvalue weighted by atomic mass is 10.3. The van der Waals surface area contributed by atoms with Crippen LogP contribution in [0.15, 0.2) is 0 Å². The van der Waals surface area contributed by atoms with Crippen LogP contribution in [0, 0.1) is 0 Å². The molecule has 3 radical (unpaired) electrons. The third-order valence-electron chi connectivity index (χ3n) is 0.379. The number of carboxylic acids is 1. The van der Waals surface area contributed by atoms with Gasteiger partial charge in [-0.3, -0.25) is 0 Å². The van der Waals surface area contributed by atoms with Gasteiger partial charge in [0.1, 0.15) is 0 Å². The molecule has 7 heavy (non-hydrogen) atoms. The van der Waals surface area contributed by atoms with Crippen LogP contribution in [0.4, 0.5) is 0 Å². The number of carboxylic acid groups (broad SMARTS) is 1. The molecule has 0 atom stereocenters. The molecule has 0 fully saturated rings. The predicted molar refractivity (Wildman–Crippen MR) is 23.4 cm³/mol. The Labute approximate surface area is 43.4 Å². The molecule has 39 valence electrons. The number of nitrogens with zero attached hydrogens (tertiary/aromatic N) is 1. The van der Waals surface area contributed by atoms with E-state index in [1.807, 2.05) is 0 Å². The van der Waals surface area contributed by atoms with Gasteiger partial charge in [0.15, 0.2) is 0 Å². The monoisotopic (exact) mass is 98.0 g/mol. The molecule has 0 rings (SSSR count). The topological polar surface area (TPSA) is 43.4 Å². The van der Waals surface area contributed by atoms with E-state index in [2.05, 4.69) is 0 Å². The summed E-state index contributed by atoms with van der Waals surface area (Å²) in [6.07, 6.45) is 0. The van der Waals surface area contributed by atoms with Crippen molar-refractivity contribution >= 4 is 14.0 Å². The van der Waals surface area contributed by atoms with Crippen molar-refractivity contribution in [1.29, 1.82) is 0 Å². The molecule has 0 aromatic rings. The van der Waals surface area contributed by atoms with E-state index in [4.69, 9.17) is 7.98 Å². The van der Waals surface area contributed by atoms with Crippen molar-refractivity contribution in [2.24, 2.45) is 0 Å². The van der Waals surface area contributed by atoms with E-state index < -0.39 is 5.97 Å². The highest BCUT2D eigenvalue weighted by atomic mass is 16.4. The lowest BCUT2D eigenvalue weighted by molar-refractivity contribution is -0.305. The summed E-state index contributed by atoms with van der Waals surface area (Å²) in [5, 5.41) is 9.58. The summed E-state index contributed by atoms with van der Waals surface area (Å²) in [6.45, 7) is -0.222. The number of rotatable bonds is 2. The Morgan fingerprint density at radius 1 is 2.00 bits per heavy atom. The zero-order valence-corrected chi connectivity index (χ0v) is 4.05. The minimum Gasteiger partial charge on any atom is -0.578 e. The second-order valence-corrected chi connectivity index (χ2v) is 1.29. The van der Waals surface area contributed by atoms with Gasteiger partial charge in [-0.25, -0.2) is 0 Å². The molecule has 0 aliphatic rings. The van der Waals surface area contributed by atoms with Gasteiger partial charge in [-0.05, 0) is 6.54 Å². The lowest BCUT2D eigenvalue weighted by Crippen LogP contribution is -2.34. The van der Waals surface area contributed by atoms with Crippen LogP contribution in [0.25, 0.3) is 0 Å². The third kappa shape index (κ3) is 5.49. The first kappa shape index (κ1) is 6.49. The Bertz CT molecular complexity index is 73.3. The van der Waals surface area contributed by atoms with Crippen LogP contribution in [0.1, 0.15) is 0 Å². The van der Waals surface area contributed by atoms with Crippen molar-refractivity contribution in [3.05, 3.63) is 0 Å². The van der Waals surface area contributed by atoms with E-state index in [0.717, 1.165) is 4.81 Å². The number of likely N-dealkylation sites (N-methyl/N-ethyl adjacent to an activating group) is 1. The van der Waals surface area contributed by atoms with Crippen molar-refractivity contribution in [3.8, 4) is 0 Å². The Balaban J connectivity index is 3.13. The number of carbonyl (C=O) groups excluding carboxylic acids is 1. The summed E-state index contributed by atoms with van der Waals surface area (Å²) < 4.78 is 0. The Morgan fingerprint density at radius 3 is 2.43 bits per heavy atom. The maximum absolute atomic E-state index is 9.58. The average molecular weight is 97.9 g/mol. The van der Waals surface area contributed by atoms with Crippen molar-refractivity contribution in [2.45, 2.75) is 0 Å². The number of aliphatic carboxylic acids is 1. The first-order chi connectivity index (χ1) is 3.13. The molecule has 3 nitrogen and oxygen atoms in total. The molecule has 0 bridgehead atoms. The fourth-order valence-corrected chi connectivity index (χ4v) is 0.204. The molecule has 0 heterocycles. The van der Waals surface area contributed by atoms with Crippen LogP contribution in [-0.2, 0) is 4.79 Å². The smallest absolute Gasteiger partial charge is 0.0518 e. The Hall–Kier alpha value is -0.505.